The Balaban J connectivity index is 1.63. The monoisotopic (exact) mass is 557 g/mol. The topological polar surface area (TPSA) is 88.9 Å². The number of carbonyl (C=O) groups excluding carboxylic acids is 3. The molecule has 3 unspecified atom stereocenters. The smallest absolute Gasteiger partial charge is 0.326 e. The second-order valence-electron chi connectivity index (χ2n) is 8.94. The van der Waals surface area contributed by atoms with E-state index in [-0.39, 0.29) is 29.8 Å². The standard InChI is InChI=1S/C26H24ClN3O5S2/c1-4-35-18(31)13-29-25-22(37-26(29)34)19(14-5-9-16(10-6-14)28(2)3)20-21(36-25)24(33)30(23(20)32)17-11-7-15(27)8-12-17/h5-12,19-21H,4,13H2,1-3H3. The number of hydrogen-bond donors (Lipinski definition) is 0. The number of halogens is 1. The Morgan fingerprint density at radius 2 is 1.70 bits per heavy atom. The predicted octanol–water partition coefficient (Wildman–Crippen LogP) is 3.99. The number of anilines is 2. The Morgan fingerprint density at radius 1 is 1.03 bits per heavy atom. The Morgan fingerprint density at radius 3 is 2.32 bits per heavy atom. The van der Waals surface area contributed by atoms with Gasteiger partial charge in [-0.05, 0) is 48.9 Å². The Hall–Kier alpha value is -3.08. The number of imide groups is 1. The summed E-state index contributed by atoms with van der Waals surface area (Å²) in [6, 6.07) is 14.3. The molecule has 2 aromatic carbocycles. The van der Waals surface area contributed by atoms with Crippen LogP contribution in [0, 0.1) is 5.92 Å². The number of thiazole rings is 1. The van der Waals surface area contributed by atoms with Crippen LogP contribution in [-0.4, -0.2) is 48.3 Å². The van der Waals surface area contributed by atoms with Crippen LogP contribution in [0.1, 0.15) is 23.3 Å². The minimum atomic E-state index is -0.753. The number of carbonyl (C=O) groups is 3. The first-order valence-electron chi connectivity index (χ1n) is 11.7. The summed E-state index contributed by atoms with van der Waals surface area (Å²) in [5.41, 5.74) is 2.25. The first-order chi connectivity index (χ1) is 17.7. The van der Waals surface area contributed by atoms with Gasteiger partial charge >= 0.3 is 10.8 Å². The number of amides is 2. The summed E-state index contributed by atoms with van der Waals surface area (Å²) in [6.07, 6.45) is 0. The zero-order chi connectivity index (χ0) is 26.4. The lowest BCUT2D eigenvalue weighted by atomic mass is 9.83. The van der Waals surface area contributed by atoms with E-state index in [4.69, 9.17) is 16.3 Å². The number of ether oxygens (including phenoxy) is 1. The van der Waals surface area contributed by atoms with E-state index in [2.05, 4.69) is 0 Å². The maximum absolute atomic E-state index is 13.9. The molecule has 1 fully saturated rings. The van der Waals surface area contributed by atoms with Gasteiger partial charge in [0.25, 0.3) is 0 Å². The van der Waals surface area contributed by atoms with E-state index in [1.807, 2.05) is 43.3 Å². The Bertz CT molecular complexity index is 1430. The van der Waals surface area contributed by atoms with Crippen LogP contribution < -0.4 is 14.7 Å². The van der Waals surface area contributed by atoms with Gasteiger partial charge in [-0.2, -0.15) is 0 Å². The van der Waals surface area contributed by atoms with E-state index in [0.717, 1.165) is 22.6 Å². The Labute approximate surface area is 226 Å². The molecular weight excluding hydrogens is 534 g/mol. The first-order valence-corrected chi connectivity index (χ1v) is 13.7. The van der Waals surface area contributed by atoms with Crippen molar-refractivity contribution in [2.24, 2.45) is 5.92 Å². The van der Waals surface area contributed by atoms with Gasteiger partial charge in [0.1, 0.15) is 11.8 Å². The molecule has 37 heavy (non-hydrogen) atoms. The number of fused-ring (bicyclic) bond motifs is 2. The van der Waals surface area contributed by atoms with Crippen molar-refractivity contribution in [1.29, 1.82) is 0 Å². The summed E-state index contributed by atoms with van der Waals surface area (Å²) in [6.45, 7) is 1.64. The summed E-state index contributed by atoms with van der Waals surface area (Å²) in [4.78, 5) is 56.4. The molecule has 2 amide bonds. The van der Waals surface area contributed by atoms with E-state index in [0.29, 0.717) is 20.6 Å². The molecule has 0 spiro atoms. The third-order valence-electron chi connectivity index (χ3n) is 6.50. The van der Waals surface area contributed by atoms with Crippen LogP contribution in [0.5, 0.6) is 0 Å². The Kier molecular flexibility index (Phi) is 6.91. The van der Waals surface area contributed by atoms with Crippen LogP contribution in [0.25, 0.3) is 0 Å². The molecule has 0 saturated carbocycles. The average molecular weight is 558 g/mol. The van der Waals surface area contributed by atoms with Crippen molar-refractivity contribution in [2.45, 2.75) is 29.7 Å². The van der Waals surface area contributed by atoms with Crippen molar-refractivity contribution in [2.75, 3.05) is 30.5 Å². The predicted molar refractivity (Wildman–Crippen MR) is 145 cm³/mol. The van der Waals surface area contributed by atoms with Crippen molar-refractivity contribution >= 4 is 63.9 Å². The summed E-state index contributed by atoms with van der Waals surface area (Å²) in [7, 11) is 3.87. The van der Waals surface area contributed by atoms with Crippen LogP contribution in [0.2, 0.25) is 5.02 Å². The molecule has 0 N–H and O–H groups in total. The lowest BCUT2D eigenvalue weighted by Gasteiger charge is -2.31. The summed E-state index contributed by atoms with van der Waals surface area (Å²) in [5, 5.41) is 0.278. The molecule has 3 atom stereocenters. The average Bonchev–Trinajstić information content (AvgIpc) is 3.31. The van der Waals surface area contributed by atoms with Gasteiger partial charge in [-0.1, -0.05) is 46.8 Å². The molecular formula is C26H24ClN3O5S2. The maximum Gasteiger partial charge on any atom is 0.326 e. The summed E-state index contributed by atoms with van der Waals surface area (Å²) in [5.74, 6) is -2.44. The second kappa shape index (κ2) is 10.00. The third kappa shape index (κ3) is 4.47. The van der Waals surface area contributed by atoms with Crippen LogP contribution in [0.15, 0.2) is 58.4 Å². The van der Waals surface area contributed by atoms with Crippen molar-refractivity contribution in [3.8, 4) is 0 Å². The van der Waals surface area contributed by atoms with Crippen molar-refractivity contribution in [3.05, 3.63) is 73.7 Å². The first kappa shape index (κ1) is 25.6. The van der Waals surface area contributed by atoms with Crippen LogP contribution in [-0.2, 0) is 25.7 Å². The number of hydrogen-bond acceptors (Lipinski definition) is 8. The van der Waals surface area contributed by atoms with Gasteiger partial charge in [0.05, 0.1) is 23.2 Å². The van der Waals surface area contributed by atoms with Crippen molar-refractivity contribution in [3.63, 3.8) is 0 Å². The highest BCUT2D eigenvalue weighted by atomic mass is 35.5. The van der Waals surface area contributed by atoms with Crippen molar-refractivity contribution in [1.82, 2.24) is 4.57 Å². The summed E-state index contributed by atoms with van der Waals surface area (Å²) < 4.78 is 6.43. The van der Waals surface area contributed by atoms with Gasteiger partial charge in [-0.3, -0.25) is 23.7 Å². The third-order valence-corrected chi connectivity index (χ3v) is 9.35. The molecule has 1 saturated heterocycles. The number of thioether (sulfide) groups is 1. The summed E-state index contributed by atoms with van der Waals surface area (Å²) >= 11 is 8.21. The van der Waals surface area contributed by atoms with Crippen molar-refractivity contribution < 1.29 is 19.1 Å². The van der Waals surface area contributed by atoms with Gasteiger partial charge in [0.15, 0.2) is 0 Å². The molecule has 1 aromatic heterocycles. The largest absolute Gasteiger partial charge is 0.465 e. The highest BCUT2D eigenvalue weighted by molar-refractivity contribution is 8.00. The zero-order valence-electron chi connectivity index (χ0n) is 20.3. The highest BCUT2D eigenvalue weighted by Crippen LogP contribution is 2.54. The SMILES string of the molecule is CCOC(=O)Cn1c2c(sc1=O)C(c1ccc(N(C)C)cc1)C1C(=O)N(c3ccc(Cl)cc3)C(=O)C1S2. The van der Waals surface area contributed by atoms with Gasteiger partial charge in [0.2, 0.25) is 11.8 Å². The lowest BCUT2D eigenvalue weighted by molar-refractivity contribution is -0.144. The fraction of sp³-hybridized carbons (Fsp3) is 0.308. The molecule has 3 aromatic rings. The van der Waals surface area contributed by atoms with E-state index >= 15 is 0 Å². The van der Waals surface area contributed by atoms with E-state index in [9.17, 15) is 19.2 Å². The number of rotatable bonds is 6. The minimum absolute atomic E-state index is 0.196. The van der Waals surface area contributed by atoms with Gasteiger partial charge < -0.3 is 9.64 Å². The minimum Gasteiger partial charge on any atom is -0.465 e. The fourth-order valence-corrected chi connectivity index (χ4v) is 7.67. The quantitative estimate of drug-likeness (QED) is 0.334. The number of esters is 1. The lowest BCUT2D eigenvalue weighted by Crippen LogP contribution is -2.32. The molecule has 192 valence electrons. The second-order valence-corrected chi connectivity index (χ2v) is 11.5. The molecule has 0 bridgehead atoms. The van der Waals surface area contributed by atoms with Gasteiger partial charge in [-0.15, -0.1) is 0 Å². The maximum atomic E-state index is 13.9. The molecule has 2 aliphatic heterocycles. The molecule has 2 aliphatic rings. The van der Waals surface area contributed by atoms with Gasteiger partial charge in [0, 0.05) is 35.6 Å². The molecule has 3 heterocycles. The molecule has 8 nitrogen and oxygen atoms in total. The van der Waals surface area contributed by atoms with E-state index in [1.165, 1.54) is 21.2 Å². The normalized spacial score (nSPS) is 20.5. The molecule has 5 rings (SSSR count). The molecule has 0 aliphatic carbocycles. The van der Waals surface area contributed by atoms with Crippen LogP contribution in [0.4, 0.5) is 11.4 Å². The van der Waals surface area contributed by atoms with Crippen LogP contribution in [0.3, 0.4) is 0 Å². The van der Waals surface area contributed by atoms with Crippen LogP contribution >= 0.6 is 34.7 Å². The van der Waals surface area contributed by atoms with E-state index in [1.54, 1.807) is 31.2 Å². The highest BCUT2D eigenvalue weighted by Gasteiger charge is 2.56. The number of nitrogens with zero attached hydrogens (tertiary/aromatic N) is 3. The fourth-order valence-electron chi connectivity index (χ4n) is 4.77. The van der Waals surface area contributed by atoms with E-state index < -0.39 is 23.1 Å². The molecule has 11 heteroatoms. The zero-order valence-corrected chi connectivity index (χ0v) is 22.7. The molecule has 0 radical (unpaired) electrons. The van der Waals surface area contributed by atoms with Gasteiger partial charge in [-0.25, -0.2) is 4.90 Å². The number of aromatic nitrogens is 1. The number of benzene rings is 2.